The summed E-state index contributed by atoms with van der Waals surface area (Å²) in [5.41, 5.74) is 14.2. The molecular formula is C27H40N10O10P2. The van der Waals surface area contributed by atoms with Gasteiger partial charge in [-0.2, -0.15) is 0 Å². The monoisotopic (exact) mass is 726 g/mol. The van der Waals surface area contributed by atoms with Crippen molar-refractivity contribution in [3.05, 3.63) is 31.2 Å². The zero-order valence-corrected chi connectivity index (χ0v) is 29.0. The molecule has 0 radical (unpaired) electrons. The first-order chi connectivity index (χ1) is 23.2. The molecule has 4 aromatic rings. The Hall–Kier alpha value is -3.13. The van der Waals surface area contributed by atoms with Crippen molar-refractivity contribution in [1.29, 1.82) is 0 Å². The molecular weight excluding hydrogens is 686 g/mol. The van der Waals surface area contributed by atoms with E-state index < -0.39 is 59.0 Å². The number of hydrogen-bond donors (Lipinski definition) is 5. The van der Waals surface area contributed by atoms with E-state index in [2.05, 4.69) is 24.9 Å². The summed E-state index contributed by atoms with van der Waals surface area (Å²) in [4.78, 5) is 42.7. The molecule has 3 unspecified atom stereocenters. The van der Waals surface area contributed by atoms with E-state index >= 15 is 0 Å². The molecule has 2 aliphatic heterocycles. The third-order valence-electron chi connectivity index (χ3n) is 7.84. The van der Waals surface area contributed by atoms with Crippen LogP contribution in [0.4, 0.5) is 11.5 Å². The number of hydrogen-bond acceptors (Lipinski definition) is 15. The smallest absolute Gasteiger partial charge is 0.397 e. The highest BCUT2D eigenvalue weighted by Gasteiger charge is 2.46. The molecule has 0 saturated carbocycles. The van der Waals surface area contributed by atoms with Crippen molar-refractivity contribution in [3.63, 3.8) is 0 Å². The molecule has 6 heterocycles. The van der Waals surface area contributed by atoms with Crippen LogP contribution in [0.25, 0.3) is 22.3 Å². The fraction of sp³-hybridized carbons (Fsp3) is 0.593. The van der Waals surface area contributed by atoms with E-state index in [1.807, 2.05) is 27.7 Å². The Balaban J connectivity index is 1.23. The lowest BCUT2D eigenvalue weighted by Gasteiger charge is -2.27. The van der Waals surface area contributed by atoms with Gasteiger partial charge >= 0.3 is 15.5 Å². The summed E-state index contributed by atoms with van der Waals surface area (Å²) >= 11 is 0. The lowest BCUT2D eigenvalue weighted by Crippen LogP contribution is -2.34. The van der Waals surface area contributed by atoms with Crippen molar-refractivity contribution < 1.29 is 46.9 Å². The highest BCUT2D eigenvalue weighted by Crippen LogP contribution is 2.56. The Morgan fingerprint density at radius 1 is 0.898 bits per heavy atom. The van der Waals surface area contributed by atoms with Crippen LogP contribution in [-0.2, 0) is 37.1 Å². The summed E-state index contributed by atoms with van der Waals surface area (Å²) in [7, 11) is -9.94. The van der Waals surface area contributed by atoms with E-state index in [0.29, 0.717) is 34.4 Å². The molecule has 0 amide bonds. The van der Waals surface area contributed by atoms with E-state index in [1.54, 1.807) is 32.6 Å². The van der Waals surface area contributed by atoms with E-state index in [4.69, 9.17) is 39.5 Å². The summed E-state index contributed by atoms with van der Waals surface area (Å²) in [5.74, 6) is 0.177. The molecule has 7 N–H and O–H groups in total. The predicted octanol–water partition coefficient (Wildman–Crippen LogP) is 2.42. The van der Waals surface area contributed by atoms with Gasteiger partial charge in [0, 0.05) is 19.0 Å². The Labute approximate surface area is 280 Å². The van der Waals surface area contributed by atoms with Gasteiger partial charge in [0.15, 0.2) is 17.1 Å². The lowest BCUT2D eigenvalue weighted by molar-refractivity contribution is -0.0786. The van der Waals surface area contributed by atoms with Crippen molar-refractivity contribution in [2.75, 3.05) is 24.7 Å². The van der Waals surface area contributed by atoms with Gasteiger partial charge in [-0.15, -0.1) is 4.86 Å². The van der Waals surface area contributed by atoms with Gasteiger partial charge in [-0.25, -0.2) is 34.0 Å². The largest absolute Gasteiger partial charge is 0.415 e. The van der Waals surface area contributed by atoms with Gasteiger partial charge in [0.05, 0.1) is 49.9 Å². The van der Waals surface area contributed by atoms with Gasteiger partial charge < -0.3 is 40.2 Å². The molecule has 268 valence electrons. The van der Waals surface area contributed by atoms with Gasteiger partial charge in [0.1, 0.15) is 48.1 Å². The van der Waals surface area contributed by atoms with Crippen molar-refractivity contribution in [1.82, 2.24) is 38.9 Å². The summed E-state index contributed by atoms with van der Waals surface area (Å²) < 4.78 is 65.8. The van der Waals surface area contributed by atoms with Crippen molar-refractivity contribution >= 4 is 49.3 Å². The summed E-state index contributed by atoms with van der Waals surface area (Å²) in [5, 5.41) is 0. The van der Waals surface area contributed by atoms with Gasteiger partial charge in [-0.1, -0.05) is 0 Å². The van der Waals surface area contributed by atoms with Crippen molar-refractivity contribution in [2.24, 2.45) is 0 Å². The Kier molecular flexibility index (Phi) is 10.4. The van der Waals surface area contributed by atoms with Gasteiger partial charge in [0.2, 0.25) is 0 Å². The second-order valence-electron chi connectivity index (χ2n) is 12.2. The van der Waals surface area contributed by atoms with Crippen LogP contribution in [0, 0.1) is 0 Å². The zero-order chi connectivity index (χ0) is 35.1. The standard InChI is InChI=1S/C27H40N10O10P2/c1-14(2)42-9-19-18(8-22(45-19)37-13-34-24-25(29)31-11-32-27(24)37)47-49(41,35-48(38,39)40)43-10-20-17(44-15(3)4)7-21(46-20)36-12-33-23-16(28)5-6-30-26(23)36/h5-6,11-15,17-22H,7-10H2,1-4H3,(H2,28,30)(H2,29,31,32)(H3,35,38,39,40,41)/t17-,18-,19-,20-,21?,22?,49?/m1/s1. The van der Waals surface area contributed by atoms with Crippen LogP contribution in [0.1, 0.15) is 53.0 Å². The number of nitrogens with two attached hydrogens (primary N) is 2. The summed E-state index contributed by atoms with van der Waals surface area (Å²) in [6.45, 7) is 6.94. The number of nitrogen functional groups attached to an aromatic ring is 2. The van der Waals surface area contributed by atoms with Crippen LogP contribution in [0.15, 0.2) is 31.2 Å². The van der Waals surface area contributed by atoms with Crippen LogP contribution in [-0.4, -0.2) is 93.7 Å². The molecule has 20 nitrogen and oxygen atoms in total. The quantitative estimate of drug-likeness (QED) is 0.117. The fourth-order valence-electron chi connectivity index (χ4n) is 5.77. The SMILES string of the molecule is CC(C)OC[C@H]1OC(n2cnc3c(N)ncnc32)C[C@H]1OP(=O)(NP(=O)(O)O)OC[C@H]1OC(n2cnc3c(N)ccnc32)C[C@H]1OC(C)C. The minimum absolute atomic E-state index is 0.00757. The zero-order valence-electron chi connectivity index (χ0n) is 27.2. The molecule has 6 rings (SSSR count). The summed E-state index contributed by atoms with van der Waals surface area (Å²) in [6, 6.07) is 1.64. The number of ether oxygens (including phenoxy) is 4. The molecule has 0 bridgehead atoms. The lowest BCUT2D eigenvalue weighted by atomic mass is 10.2. The molecule has 7 atom stereocenters. The average Bonchev–Trinajstić information content (AvgIpc) is 3.79. The van der Waals surface area contributed by atoms with E-state index in [0.717, 1.165) is 0 Å². The highest BCUT2D eigenvalue weighted by molar-refractivity contribution is 7.66. The number of rotatable bonds is 14. The first-order valence-corrected chi connectivity index (χ1v) is 18.7. The van der Waals surface area contributed by atoms with Crippen LogP contribution < -0.4 is 16.3 Å². The molecule has 0 aliphatic carbocycles. The maximum Gasteiger partial charge on any atom is 0.415 e. The van der Waals surface area contributed by atoms with Crippen LogP contribution in [0.5, 0.6) is 0 Å². The van der Waals surface area contributed by atoms with Crippen molar-refractivity contribution in [2.45, 2.75) is 89.6 Å². The first kappa shape index (κ1) is 35.7. The van der Waals surface area contributed by atoms with Crippen LogP contribution in [0.3, 0.4) is 0 Å². The minimum Gasteiger partial charge on any atom is -0.397 e. The molecule has 2 fully saturated rings. The van der Waals surface area contributed by atoms with E-state index in [9.17, 15) is 18.9 Å². The van der Waals surface area contributed by atoms with E-state index in [1.165, 1.54) is 12.7 Å². The number of fused-ring (bicyclic) bond motifs is 2. The topological polar surface area (TPSA) is 268 Å². The molecule has 0 aromatic carbocycles. The number of aromatic nitrogens is 7. The Bertz CT molecular complexity index is 1870. The van der Waals surface area contributed by atoms with Gasteiger partial charge in [-0.05, 0) is 33.8 Å². The van der Waals surface area contributed by atoms with Gasteiger partial charge in [0.25, 0.3) is 0 Å². The molecule has 49 heavy (non-hydrogen) atoms. The second-order valence-corrected chi connectivity index (χ2v) is 15.6. The molecule has 22 heteroatoms. The molecule has 2 aliphatic rings. The van der Waals surface area contributed by atoms with Gasteiger partial charge in [-0.3, -0.25) is 18.2 Å². The number of anilines is 2. The third-order valence-corrected chi connectivity index (χ3v) is 10.9. The van der Waals surface area contributed by atoms with E-state index in [-0.39, 0.29) is 31.1 Å². The maximum atomic E-state index is 14.2. The second kappa shape index (κ2) is 14.2. The number of nitrogens with zero attached hydrogens (tertiary/aromatic N) is 7. The predicted molar refractivity (Wildman–Crippen MR) is 173 cm³/mol. The first-order valence-electron chi connectivity index (χ1n) is 15.6. The molecule has 4 aromatic heterocycles. The number of pyridine rings is 1. The Morgan fingerprint density at radius 2 is 1.53 bits per heavy atom. The molecule has 2 saturated heterocycles. The fourth-order valence-corrected chi connectivity index (χ4v) is 8.45. The third kappa shape index (κ3) is 8.10. The van der Waals surface area contributed by atoms with Crippen molar-refractivity contribution in [3.8, 4) is 0 Å². The Morgan fingerprint density at radius 3 is 2.18 bits per heavy atom. The normalized spacial score (nSPS) is 26.0. The average molecular weight is 727 g/mol. The maximum absolute atomic E-state index is 14.2. The van der Waals surface area contributed by atoms with Crippen LogP contribution in [0.2, 0.25) is 0 Å². The highest BCUT2D eigenvalue weighted by atomic mass is 31.3. The number of imidazole rings is 2. The molecule has 0 spiro atoms. The minimum atomic E-state index is -5.17. The van der Waals surface area contributed by atoms with Crippen LogP contribution >= 0.6 is 15.5 Å². The number of nitrogens with one attached hydrogen (secondary N) is 1. The summed E-state index contributed by atoms with van der Waals surface area (Å²) in [6.07, 6.45) is 1.24.